The molecule has 0 N–H and O–H groups in total. The summed E-state index contributed by atoms with van der Waals surface area (Å²) in [4.78, 5) is 15.5. The second kappa shape index (κ2) is 8.41. The predicted molar refractivity (Wildman–Crippen MR) is 105 cm³/mol. The molecule has 4 rings (SSSR count). The van der Waals surface area contributed by atoms with Crippen LogP contribution in [0.15, 0.2) is 48.5 Å². The zero-order valence-electron chi connectivity index (χ0n) is 16.1. The summed E-state index contributed by atoms with van der Waals surface area (Å²) in [5.74, 6) is -0.330. The lowest BCUT2D eigenvalue weighted by molar-refractivity contribution is 0.0508. The van der Waals surface area contributed by atoms with Crippen LogP contribution >= 0.6 is 0 Å². The molecular weight excluding hydrogens is 357 g/mol. The number of fused-ring (bicyclic) bond motifs is 2. The summed E-state index contributed by atoms with van der Waals surface area (Å²) in [7, 11) is 1.51. The number of hydrogen-bond acceptors (Lipinski definition) is 4. The maximum absolute atomic E-state index is 14.5. The Morgan fingerprint density at radius 1 is 1.11 bits per heavy atom. The first kappa shape index (κ1) is 19.1. The molecule has 2 aliphatic rings. The standard InChI is InChI=1S/C23H26FNO3/c1-27-15-28-20-9-10-21(22(24)13-20)23(26)17-11-18-7-8-19(12-17)25(18)14-16-5-3-2-4-6-16/h2-6,9-10,13,17-19H,7-8,11-12,14-15H2,1H3. The maximum Gasteiger partial charge on any atom is 0.188 e. The minimum Gasteiger partial charge on any atom is -0.467 e. The Balaban J connectivity index is 1.43. The molecule has 0 amide bonds. The van der Waals surface area contributed by atoms with E-state index in [4.69, 9.17) is 9.47 Å². The van der Waals surface area contributed by atoms with Gasteiger partial charge in [-0.2, -0.15) is 0 Å². The lowest BCUT2D eigenvalue weighted by Crippen LogP contribution is -2.44. The first-order valence-electron chi connectivity index (χ1n) is 9.91. The van der Waals surface area contributed by atoms with E-state index in [0.29, 0.717) is 17.8 Å². The van der Waals surface area contributed by atoms with Crippen LogP contribution in [0.2, 0.25) is 0 Å². The molecule has 2 fully saturated rings. The van der Waals surface area contributed by atoms with E-state index >= 15 is 0 Å². The van der Waals surface area contributed by atoms with Crippen molar-refractivity contribution in [1.29, 1.82) is 0 Å². The van der Waals surface area contributed by atoms with Gasteiger partial charge in [-0.1, -0.05) is 30.3 Å². The number of Topliss-reactive ketones (excluding diaryl/α,β-unsaturated/α-hetero) is 1. The van der Waals surface area contributed by atoms with E-state index in [1.165, 1.54) is 18.7 Å². The van der Waals surface area contributed by atoms with Gasteiger partial charge in [-0.25, -0.2) is 4.39 Å². The van der Waals surface area contributed by atoms with Gasteiger partial charge in [-0.3, -0.25) is 9.69 Å². The molecule has 0 aromatic heterocycles. The van der Waals surface area contributed by atoms with Crippen LogP contribution in [-0.4, -0.2) is 36.7 Å². The third-order valence-electron chi connectivity index (χ3n) is 6.01. The Morgan fingerprint density at radius 2 is 1.82 bits per heavy atom. The molecule has 2 aromatic rings. The van der Waals surface area contributed by atoms with Gasteiger partial charge in [0.1, 0.15) is 11.6 Å². The summed E-state index contributed by atoms with van der Waals surface area (Å²) in [6, 6.07) is 15.7. The van der Waals surface area contributed by atoms with Gasteiger partial charge in [0.2, 0.25) is 0 Å². The zero-order valence-corrected chi connectivity index (χ0v) is 16.1. The van der Waals surface area contributed by atoms with Crippen molar-refractivity contribution >= 4 is 5.78 Å². The second-order valence-electron chi connectivity index (χ2n) is 7.77. The number of ketones is 1. The zero-order chi connectivity index (χ0) is 19.5. The van der Waals surface area contributed by atoms with Gasteiger partial charge in [-0.05, 0) is 43.4 Å². The highest BCUT2D eigenvalue weighted by atomic mass is 19.1. The highest BCUT2D eigenvalue weighted by molar-refractivity contribution is 5.98. The average Bonchev–Trinajstić information content (AvgIpc) is 2.94. The molecule has 2 atom stereocenters. The van der Waals surface area contributed by atoms with Crippen LogP contribution < -0.4 is 4.74 Å². The minimum absolute atomic E-state index is 0.0516. The van der Waals surface area contributed by atoms with E-state index in [1.54, 1.807) is 12.1 Å². The van der Waals surface area contributed by atoms with Crippen molar-refractivity contribution in [3.8, 4) is 5.75 Å². The van der Waals surface area contributed by atoms with Gasteiger partial charge >= 0.3 is 0 Å². The van der Waals surface area contributed by atoms with E-state index in [9.17, 15) is 9.18 Å². The van der Waals surface area contributed by atoms with E-state index in [1.807, 2.05) is 6.07 Å². The topological polar surface area (TPSA) is 38.8 Å². The van der Waals surface area contributed by atoms with Crippen LogP contribution in [0, 0.1) is 11.7 Å². The van der Waals surface area contributed by atoms with Gasteiger partial charge in [0.15, 0.2) is 12.6 Å². The summed E-state index contributed by atoms with van der Waals surface area (Å²) in [5, 5.41) is 0. The fourth-order valence-electron chi connectivity index (χ4n) is 4.67. The highest BCUT2D eigenvalue weighted by Crippen LogP contribution is 2.41. The van der Waals surface area contributed by atoms with Crippen molar-refractivity contribution in [2.45, 2.75) is 44.3 Å². The number of halogens is 1. The molecule has 2 unspecified atom stereocenters. The molecule has 2 heterocycles. The highest BCUT2D eigenvalue weighted by Gasteiger charge is 2.43. The van der Waals surface area contributed by atoms with Crippen molar-refractivity contribution in [2.24, 2.45) is 5.92 Å². The Kier molecular flexibility index (Phi) is 5.74. The van der Waals surface area contributed by atoms with Crippen LogP contribution in [0.5, 0.6) is 5.75 Å². The number of rotatable bonds is 7. The van der Waals surface area contributed by atoms with Crippen LogP contribution in [0.25, 0.3) is 0 Å². The smallest absolute Gasteiger partial charge is 0.188 e. The monoisotopic (exact) mass is 383 g/mol. The average molecular weight is 383 g/mol. The number of hydrogen-bond donors (Lipinski definition) is 0. The fraction of sp³-hybridized carbons (Fsp3) is 0.435. The van der Waals surface area contributed by atoms with E-state index in [0.717, 1.165) is 32.2 Å². The fourth-order valence-corrected chi connectivity index (χ4v) is 4.67. The normalized spacial score (nSPS) is 24.3. The molecule has 0 spiro atoms. The summed E-state index contributed by atoms with van der Waals surface area (Å²) in [5.41, 5.74) is 1.48. The Hall–Kier alpha value is -2.24. The molecular formula is C23H26FNO3. The largest absolute Gasteiger partial charge is 0.467 e. The number of carbonyl (C=O) groups is 1. The van der Waals surface area contributed by atoms with Gasteiger partial charge in [-0.15, -0.1) is 0 Å². The number of benzene rings is 2. The first-order chi connectivity index (χ1) is 13.7. The number of ether oxygens (including phenoxy) is 2. The van der Waals surface area contributed by atoms with Crippen LogP contribution in [0.3, 0.4) is 0 Å². The third kappa shape index (κ3) is 3.96. The molecule has 0 aliphatic carbocycles. The molecule has 2 aromatic carbocycles. The molecule has 4 nitrogen and oxygen atoms in total. The Morgan fingerprint density at radius 3 is 2.46 bits per heavy atom. The summed E-state index contributed by atoms with van der Waals surface area (Å²) >= 11 is 0. The van der Waals surface area contributed by atoms with Gasteiger partial charge in [0, 0.05) is 37.7 Å². The van der Waals surface area contributed by atoms with Crippen LogP contribution in [0.4, 0.5) is 4.39 Å². The Bertz CT molecular complexity index is 812. The van der Waals surface area contributed by atoms with Crippen LogP contribution in [0.1, 0.15) is 41.6 Å². The van der Waals surface area contributed by atoms with Gasteiger partial charge in [0.05, 0.1) is 5.56 Å². The summed E-state index contributed by atoms with van der Waals surface area (Å²) in [6.07, 6.45) is 3.86. The molecule has 2 saturated heterocycles. The molecule has 28 heavy (non-hydrogen) atoms. The minimum atomic E-state index is -0.516. The van der Waals surface area contributed by atoms with Crippen molar-refractivity contribution in [3.63, 3.8) is 0 Å². The SMILES string of the molecule is COCOc1ccc(C(=O)C2CC3CCC(C2)N3Cc2ccccc2)c(F)c1. The lowest BCUT2D eigenvalue weighted by atomic mass is 9.84. The summed E-state index contributed by atoms with van der Waals surface area (Å²) in [6.45, 7) is 0.979. The molecule has 2 bridgehead atoms. The van der Waals surface area contributed by atoms with Gasteiger partial charge < -0.3 is 9.47 Å². The number of piperidine rings is 1. The molecule has 0 saturated carbocycles. The molecule has 2 aliphatic heterocycles. The van der Waals surface area contributed by atoms with E-state index in [2.05, 4.69) is 29.2 Å². The predicted octanol–water partition coefficient (Wildman–Crippen LogP) is 4.43. The second-order valence-corrected chi connectivity index (χ2v) is 7.77. The van der Waals surface area contributed by atoms with Crippen molar-refractivity contribution < 1.29 is 18.7 Å². The van der Waals surface area contributed by atoms with Crippen molar-refractivity contribution in [2.75, 3.05) is 13.9 Å². The third-order valence-corrected chi connectivity index (χ3v) is 6.01. The van der Waals surface area contributed by atoms with Crippen molar-refractivity contribution in [1.82, 2.24) is 4.90 Å². The van der Waals surface area contributed by atoms with E-state index < -0.39 is 5.82 Å². The molecule has 5 heteroatoms. The summed E-state index contributed by atoms with van der Waals surface area (Å²) < 4.78 is 24.6. The lowest BCUT2D eigenvalue weighted by Gasteiger charge is -2.38. The van der Waals surface area contributed by atoms with Crippen LogP contribution in [-0.2, 0) is 11.3 Å². The van der Waals surface area contributed by atoms with E-state index in [-0.39, 0.29) is 24.1 Å². The first-order valence-corrected chi connectivity index (χ1v) is 9.91. The number of methoxy groups -OCH3 is 1. The number of carbonyl (C=O) groups excluding carboxylic acids is 1. The maximum atomic E-state index is 14.5. The van der Waals surface area contributed by atoms with Crippen molar-refractivity contribution in [3.05, 3.63) is 65.5 Å². The molecule has 148 valence electrons. The quantitative estimate of drug-likeness (QED) is 0.524. The Labute approximate surface area is 165 Å². The molecule has 0 radical (unpaired) electrons. The number of nitrogens with zero attached hydrogens (tertiary/aromatic N) is 1. The van der Waals surface area contributed by atoms with Gasteiger partial charge in [0.25, 0.3) is 0 Å².